The molecule has 0 saturated carbocycles. The first-order valence-electron chi connectivity index (χ1n) is 5.73. The van der Waals surface area contributed by atoms with E-state index in [9.17, 15) is 9.90 Å². The van der Waals surface area contributed by atoms with Crippen molar-refractivity contribution in [1.82, 2.24) is 5.32 Å². The van der Waals surface area contributed by atoms with Crippen molar-refractivity contribution in [1.29, 1.82) is 0 Å². The Kier molecular flexibility index (Phi) is 3.40. The molecule has 1 fully saturated rings. The van der Waals surface area contributed by atoms with Crippen molar-refractivity contribution in [2.75, 3.05) is 13.1 Å². The number of aryl methyl sites for hydroxylation is 1. The van der Waals surface area contributed by atoms with Gasteiger partial charge in [0.1, 0.15) is 0 Å². The maximum Gasteiger partial charge on any atom is 0.311 e. The van der Waals surface area contributed by atoms with E-state index in [0.29, 0.717) is 24.4 Å². The Morgan fingerprint density at radius 2 is 2.35 bits per heavy atom. The normalized spacial score (nSPS) is 23.9. The molecule has 1 unspecified atom stereocenters. The van der Waals surface area contributed by atoms with Crippen molar-refractivity contribution < 1.29 is 9.90 Å². The molecule has 1 atom stereocenters. The molecule has 0 spiro atoms. The number of halogens is 1. The maximum atomic E-state index is 11.4. The van der Waals surface area contributed by atoms with Crippen molar-refractivity contribution in [3.8, 4) is 0 Å². The van der Waals surface area contributed by atoms with Gasteiger partial charge in [-0.25, -0.2) is 0 Å². The number of nitrogens with one attached hydrogen (secondary N) is 1. The van der Waals surface area contributed by atoms with Crippen molar-refractivity contribution in [2.24, 2.45) is 5.41 Å². The van der Waals surface area contributed by atoms with Gasteiger partial charge in [0.15, 0.2) is 0 Å². The number of benzene rings is 1. The smallest absolute Gasteiger partial charge is 0.311 e. The molecule has 1 aliphatic rings. The topological polar surface area (TPSA) is 49.3 Å². The SMILES string of the molecule is Cc1ccc(CC2(C(=O)O)CCNC2)c(Cl)c1. The highest BCUT2D eigenvalue weighted by Gasteiger charge is 2.41. The first kappa shape index (κ1) is 12.4. The fraction of sp³-hybridized carbons (Fsp3) is 0.462. The number of carboxylic acids is 1. The van der Waals surface area contributed by atoms with Crippen molar-refractivity contribution >= 4 is 17.6 Å². The molecule has 2 rings (SSSR count). The molecule has 92 valence electrons. The van der Waals surface area contributed by atoms with Crippen LogP contribution in [0.2, 0.25) is 5.02 Å². The second kappa shape index (κ2) is 4.67. The summed E-state index contributed by atoms with van der Waals surface area (Å²) in [6.45, 7) is 3.25. The van der Waals surface area contributed by atoms with E-state index in [1.165, 1.54) is 0 Å². The largest absolute Gasteiger partial charge is 0.481 e. The zero-order chi connectivity index (χ0) is 12.5. The third kappa shape index (κ3) is 2.45. The van der Waals surface area contributed by atoms with Crippen LogP contribution in [0.3, 0.4) is 0 Å². The van der Waals surface area contributed by atoms with Gasteiger partial charge in [-0.15, -0.1) is 0 Å². The van der Waals surface area contributed by atoms with E-state index in [0.717, 1.165) is 17.7 Å². The lowest BCUT2D eigenvalue weighted by Crippen LogP contribution is -2.35. The third-order valence-corrected chi connectivity index (χ3v) is 3.79. The number of hydrogen-bond donors (Lipinski definition) is 2. The lowest BCUT2D eigenvalue weighted by molar-refractivity contribution is -0.147. The molecule has 1 aromatic carbocycles. The van der Waals surface area contributed by atoms with Crippen LogP contribution in [0.15, 0.2) is 18.2 Å². The molecule has 1 saturated heterocycles. The Morgan fingerprint density at radius 1 is 1.59 bits per heavy atom. The summed E-state index contributed by atoms with van der Waals surface area (Å²) in [5.74, 6) is -0.737. The highest BCUT2D eigenvalue weighted by Crippen LogP contribution is 2.33. The monoisotopic (exact) mass is 253 g/mol. The van der Waals surface area contributed by atoms with E-state index < -0.39 is 11.4 Å². The first-order chi connectivity index (χ1) is 8.03. The molecule has 0 amide bonds. The number of carbonyl (C=O) groups is 1. The highest BCUT2D eigenvalue weighted by atomic mass is 35.5. The molecule has 17 heavy (non-hydrogen) atoms. The summed E-state index contributed by atoms with van der Waals surface area (Å²) < 4.78 is 0. The molecule has 0 radical (unpaired) electrons. The van der Waals surface area contributed by atoms with Gasteiger partial charge in [0.25, 0.3) is 0 Å². The van der Waals surface area contributed by atoms with Crippen molar-refractivity contribution in [3.05, 3.63) is 34.3 Å². The molecular formula is C13H16ClNO2. The van der Waals surface area contributed by atoms with Crippen molar-refractivity contribution in [2.45, 2.75) is 19.8 Å². The van der Waals surface area contributed by atoms with Crippen LogP contribution in [-0.4, -0.2) is 24.2 Å². The summed E-state index contributed by atoms with van der Waals surface area (Å²) in [4.78, 5) is 11.4. The fourth-order valence-electron chi connectivity index (χ4n) is 2.31. The number of hydrogen-bond acceptors (Lipinski definition) is 2. The average Bonchev–Trinajstić information content (AvgIpc) is 2.72. The Hall–Kier alpha value is -1.06. The summed E-state index contributed by atoms with van der Waals surface area (Å²) in [6, 6.07) is 5.79. The molecule has 2 N–H and O–H groups in total. The van der Waals surface area contributed by atoms with E-state index >= 15 is 0 Å². The second-order valence-electron chi connectivity index (χ2n) is 4.78. The molecule has 1 aromatic rings. The minimum absolute atomic E-state index is 0.494. The van der Waals surface area contributed by atoms with E-state index in [1.54, 1.807) is 0 Å². The average molecular weight is 254 g/mol. The molecular weight excluding hydrogens is 238 g/mol. The minimum Gasteiger partial charge on any atom is -0.481 e. The van der Waals surface area contributed by atoms with Crippen molar-refractivity contribution in [3.63, 3.8) is 0 Å². The van der Waals surface area contributed by atoms with Crippen LogP contribution in [0.25, 0.3) is 0 Å². The number of carboxylic acid groups (broad SMARTS) is 1. The summed E-state index contributed by atoms with van der Waals surface area (Å²) in [7, 11) is 0. The molecule has 1 aliphatic heterocycles. The Bertz CT molecular complexity index is 439. The van der Waals surface area contributed by atoms with Crippen LogP contribution < -0.4 is 5.32 Å². The molecule has 0 aliphatic carbocycles. The minimum atomic E-state index is -0.737. The van der Waals surface area contributed by atoms with Gasteiger partial charge in [-0.05, 0) is 43.5 Å². The predicted octanol–water partition coefficient (Wildman–Crippen LogP) is 2.26. The molecule has 4 heteroatoms. The Morgan fingerprint density at radius 3 is 2.88 bits per heavy atom. The van der Waals surface area contributed by atoms with Gasteiger partial charge in [0.05, 0.1) is 5.41 Å². The quantitative estimate of drug-likeness (QED) is 0.869. The van der Waals surface area contributed by atoms with E-state index in [1.807, 2.05) is 25.1 Å². The van der Waals surface area contributed by atoms with Crippen LogP contribution in [0.5, 0.6) is 0 Å². The Labute approximate surface area is 106 Å². The lowest BCUT2D eigenvalue weighted by Gasteiger charge is -2.23. The summed E-state index contributed by atoms with van der Waals surface area (Å²) >= 11 is 6.16. The van der Waals surface area contributed by atoms with E-state index in [-0.39, 0.29) is 0 Å². The molecule has 0 bridgehead atoms. The molecule has 0 aromatic heterocycles. The first-order valence-corrected chi connectivity index (χ1v) is 6.10. The molecule has 1 heterocycles. The highest BCUT2D eigenvalue weighted by molar-refractivity contribution is 6.31. The summed E-state index contributed by atoms with van der Waals surface area (Å²) in [5, 5.41) is 13.2. The van der Waals surface area contributed by atoms with Gasteiger partial charge < -0.3 is 10.4 Å². The van der Waals surface area contributed by atoms with Crippen LogP contribution in [0.1, 0.15) is 17.5 Å². The lowest BCUT2D eigenvalue weighted by atomic mass is 9.81. The summed E-state index contributed by atoms with van der Waals surface area (Å²) in [5.41, 5.74) is 1.31. The maximum absolute atomic E-state index is 11.4. The van der Waals surface area contributed by atoms with Gasteiger partial charge in [-0.2, -0.15) is 0 Å². The van der Waals surface area contributed by atoms with Crippen LogP contribution in [-0.2, 0) is 11.2 Å². The van der Waals surface area contributed by atoms with Gasteiger partial charge in [0, 0.05) is 11.6 Å². The van der Waals surface area contributed by atoms with E-state index in [2.05, 4.69) is 5.32 Å². The van der Waals surface area contributed by atoms with Gasteiger partial charge in [0.2, 0.25) is 0 Å². The number of rotatable bonds is 3. The standard InChI is InChI=1S/C13H16ClNO2/c1-9-2-3-10(11(14)6-9)7-13(12(16)17)4-5-15-8-13/h2-3,6,15H,4-5,7-8H2,1H3,(H,16,17). The van der Waals surface area contributed by atoms with Crippen LogP contribution in [0.4, 0.5) is 0 Å². The predicted molar refractivity (Wildman–Crippen MR) is 67.4 cm³/mol. The zero-order valence-corrected chi connectivity index (χ0v) is 10.5. The second-order valence-corrected chi connectivity index (χ2v) is 5.19. The Balaban J connectivity index is 2.26. The van der Waals surface area contributed by atoms with Crippen LogP contribution in [0, 0.1) is 12.3 Å². The van der Waals surface area contributed by atoms with Crippen LogP contribution >= 0.6 is 11.6 Å². The molecule has 3 nitrogen and oxygen atoms in total. The van der Waals surface area contributed by atoms with E-state index in [4.69, 9.17) is 11.6 Å². The van der Waals surface area contributed by atoms with Gasteiger partial charge in [-0.1, -0.05) is 23.7 Å². The van der Waals surface area contributed by atoms with Gasteiger partial charge in [-0.3, -0.25) is 4.79 Å². The van der Waals surface area contributed by atoms with Gasteiger partial charge >= 0.3 is 5.97 Å². The fourth-order valence-corrected chi connectivity index (χ4v) is 2.61. The zero-order valence-electron chi connectivity index (χ0n) is 9.79. The third-order valence-electron chi connectivity index (χ3n) is 3.43. The summed E-state index contributed by atoms with van der Waals surface area (Å²) in [6.07, 6.45) is 1.15. The number of aliphatic carboxylic acids is 1.